The summed E-state index contributed by atoms with van der Waals surface area (Å²) in [5.74, 6) is 1.15. The summed E-state index contributed by atoms with van der Waals surface area (Å²) < 4.78 is 40.5. The van der Waals surface area contributed by atoms with Crippen LogP contribution in [0, 0.1) is 11.8 Å². The zero-order valence-corrected chi connectivity index (χ0v) is 13.8. The van der Waals surface area contributed by atoms with E-state index in [-0.39, 0.29) is 12.2 Å². The number of carbonyl (C=O) groups excluding carboxylic acids is 1. The highest BCUT2D eigenvalue weighted by atomic mass is 19.4. The van der Waals surface area contributed by atoms with Gasteiger partial charge in [-0.1, -0.05) is 25.7 Å². The molecule has 2 heterocycles. The van der Waals surface area contributed by atoms with Crippen molar-refractivity contribution in [3.05, 3.63) is 11.9 Å². The molecule has 0 radical (unpaired) electrons. The smallest absolute Gasteiger partial charge is 0.324 e. The lowest BCUT2D eigenvalue weighted by Gasteiger charge is -2.20. The molecule has 1 unspecified atom stereocenters. The Morgan fingerprint density at radius 1 is 1.29 bits per heavy atom. The van der Waals surface area contributed by atoms with Crippen LogP contribution < -0.4 is 5.32 Å². The second-order valence-corrected chi connectivity index (χ2v) is 6.69. The van der Waals surface area contributed by atoms with E-state index in [0.29, 0.717) is 24.9 Å². The lowest BCUT2D eigenvalue weighted by Crippen LogP contribution is -2.34. The predicted octanol–water partition coefficient (Wildman–Crippen LogP) is 3.97. The monoisotopic (exact) mass is 344 g/mol. The average molecular weight is 344 g/mol. The number of nitrogens with zero attached hydrogens (tertiary/aromatic N) is 3. The molecular weight excluding hydrogens is 321 g/mol. The molecule has 8 heteroatoms. The quantitative estimate of drug-likeness (QED) is 0.902. The van der Waals surface area contributed by atoms with Crippen LogP contribution in [-0.2, 0) is 12.7 Å². The van der Waals surface area contributed by atoms with Crippen molar-refractivity contribution in [3.8, 4) is 0 Å². The zero-order chi connectivity index (χ0) is 17.3. The molecule has 1 saturated heterocycles. The number of likely N-dealkylation sites (tertiary alicyclic amines) is 1. The molecule has 134 valence electrons. The highest BCUT2D eigenvalue weighted by molar-refractivity contribution is 5.90. The first-order chi connectivity index (χ1) is 11.4. The van der Waals surface area contributed by atoms with Crippen LogP contribution in [0.1, 0.15) is 44.7 Å². The van der Waals surface area contributed by atoms with Crippen LogP contribution in [0.25, 0.3) is 0 Å². The van der Waals surface area contributed by atoms with E-state index in [0.717, 1.165) is 17.3 Å². The fourth-order valence-corrected chi connectivity index (χ4v) is 4.00. The molecule has 1 saturated carbocycles. The van der Waals surface area contributed by atoms with Gasteiger partial charge in [0.1, 0.15) is 0 Å². The largest absolute Gasteiger partial charge is 0.435 e. The first-order valence-corrected chi connectivity index (χ1v) is 8.59. The van der Waals surface area contributed by atoms with E-state index < -0.39 is 17.9 Å². The topological polar surface area (TPSA) is 50.2 Å². The molecule has 2 amide bonds. The third kappa shape index (κ3) is 3.37. The van der Waals surface area contributed by atoms with Gasteiger partial charge in [-0.3, -0.25) is 4.68 Å². The van der Waals surface area contributed by atoms with Crippen LogP contribution in [0.3, 0.4) is 0 Å². The molecule has 2 aliphatic rings. The summed E-state index contributed by atoms with van der Waals surface area (Å²) in [6.07, 6.45) is 2.39. The summed E-state index contributed by atoms with van der Waals surface area (Å²) in [4.78, 5) is 14.0. The number of hydrogen-bond acceptors (Lipinski definition) is 2. The molecule has 1 atom stereocenters. The van der Waals surface area contributed by atoms with Gasteiger partial charge in [-0.05, 0) is 25.2 Å². The Hall–Kier alpha value is -1.73. The minimum atomic E-state index is -4.55. The zero-order valence-electron chi connectivity index (χ0n) is 13.8. The van der Waals surface area contributed by atoms with E-state index >= 15 is 0 Å². The molecule has 1 aromatic heterocycles. The van der Waals surface area contributed by atoms with Gasteiger partial charge in [0.05, 0.1) is 11.9 Å². The summed E-state index contributed by atoms with van der Waals surface area (Å²) in [5, 5.41) is 6.13. The molecule has 1 aromatic rings. The van der Waals surface area contributed by atoms with Gasteiger partial charge in [-0.15, -0.1) is 0 Å². The molecule has 3 rings (SSSR count). The Balaban J connectivity index is 1.66. The molecule has 5 nitrogen and oxygen atoms in total. The highest BCUT2D eigenvalue weighted by Gasteiger charge is 2.39. The van der Waals surface area contributed by atoms with Gasteiger partial charge >= 0.3 is 12.2 Å². The van der Waals surface area contributed by atoms with Crippen LogP contribution in [0.15, 0.2) is 6.20 Å². The van der Waals surface area contributed by atoms with E-state index in [2.05, 4.69) is 10.4 Å². The SMILES string of the molecule is CCn1ncc(NC(=O)N2CCC(C3CCCC3)C2)c1C(F)(F)F. The van der Waals surface area contributed by atoms with Crippen molar-refractivity contribution in [2.24, 2.45) is 11.8 Å². The maximum Gasteiger partial charge on any atom is 0.435 e. The van der Waals surface area contributed by atoms with Crippen molar-refractivity contribution >= 4 is 11.7 Å². The summed E-state index contributed by atoms with van der Waals surface area (Å²) in [6.45, 7) is 2.93. The lowest BCUT2D eigenvalue weighted by atomic mass is 9.90. The Labute approximate surface area is 139 Å². The number of rotatable bonds is 3. The average Bonchev–Trinajstić information content (AvgIpc) is 3.25. The molecule has 1 N–H and O–H groups in total. The van der Waals surface area contributed by atoms with Crippen LogP contribution in [0.2, 0.25) is 0 Å². The first-order valence-electron chi connectivity index (χ1n) is 8.59. The molecule has 0 aromatic carbocycles. The van der Waals surface area contributed by atoms with Crippen molar-refractivity contribution in [3.63, 3.8) is 0 Å². The van der Waals surface area contributed by atoms with Gasteiger partial charge in [-0.25, -0.2) is 4.79 Å². The maximum absolute atomic E-state index is 13.2. The number of urea groups is 1. The van der Waals surface area contributed by atoms with Crippen molar-refractivity contribution in [2.75, 3.05) is 18.4 Å². The van der Waals surface area contributed by atoms with Crippen LogP contribution in [0.5, 0.6) is 0 Å². The third-order valence-electron chi connectivity index (χ3n) is 5.23. The van der Waals surface area contributed by atoms with E-state index in [1.165, 1.54) is 25.7 Å². The highest BCUT2D eigenvalue weighted by Crippen LogP contribution is 2.37. The maximum atomic E-state index is 13.2. The minimum absolute atomic E-state index is 0.0954. The number of nitrogens with one attached hydrogen (secondary N) is 1. The van der Waals surface area contributed by atoms with Crippen LogP contribution >= 0.6 is 0 Å². The predicted molar refractivity (Wildman–Crippen MR) is 83.6 cm³/mol. The van der Waals surface area contributed by atoms with Gasteiger partial charge in [0, 0.05) is 19.6 Å². The number of aryl methyl sites for hydroxylation is 1. The number of halogens is 3. The van der Waals surface area contributed by atoms with Gasteiger partial charge in [0.15, 0.2) is 5.69 Å². The number of hydrogen-bond donors (Lipinski definition) is 1. The van der Waals surface area contributed by atoms with Gasteiger partial charge < -0.3 is 10.2 Å². The van der Waals surface area contributed by atoms with Crippen molar-refractivity contribution < 1.29 is 18.0 Å². The standard InChI is InChI=1S/C16H23F3N4O/c1-2-23-14(16(17,18)19)13(9-20-23)21-15(24)22-8-7-12(10-22)11-5-3-4-6-11/h9,11-12H,2-8,10H2,1H3,(H,21,24). The Morgan fingerprint density at radius 3 is 2.62 bits per heavy atom. The normalized spacial score (nSPS) is 22.3. The van der Waals surface area contributed by atoms with Gasteiger partial charge in [0.2, 0.25) is 0 Å². The second-order valence-electron chi connectivity index (χ2n) is 6.69. The second kappa shape index (κ2) is 6.64. The number of alkyl halides is 3. The number of carbonyl (C=O) groups is 1. The van der Waals surface area contributed by atoms with Crippen molar-refractivity contribution in [1.29, 1.82) is 0 Å². The van der Waals surface area contributed by atoms with E-state index in [9.17, 15) is 18.0 Å². The molecule has 24 heavy (non-hydrogen) atoms. The fraction of sp³-hybridized carbons (Fsp3) is 0.750. The Morgan fingerprint density at radius 2 is 2.00 bits per heavy atom. The fourth-order valence-electron chi connectivity index (χ4n) is 4.00. The number of amides is 2. The third-order valence-corrected chi connectivity index (χ3v) is 5.23. The van der Waals surface area contributed by atoms with E-state index in [1.54, 1.807) is 11.8 Å². The summed E-state index contributed by atoms with van der Waals surface area (Å²) in [5.41, 5.74) is -1.16. The summed E-state index contributed by atoms with van der Waals surface area (Å²) in [7, 11) is 0. The first kappa shape index (κ1) is 17.1. The Kier molecular flexibility index (Phi) is 4.73. The lowest BCUT2D eigenvalue weighted by molar-refractivity contribution is -0.143. The molecule has 2 fully saturated rings. The molecule has 1 aliphatic heterocycles. The summed E-state index contributed by atoms with van der Waals surface area (Å²) in [6, 6.07) is -0.461. The number of anilines is 1. The summed E-state index contributed by atoms with van der Waals surface area (Å²) >= 11 is 0. The number of aromatic nitrogens is 2. The van der Waals surface area contributed by atoms with Crippen molar-refractivity contribution in [2.45, 2.75) is 51.7 Å². The molecule has 0 spiro atoms. The Bertz CT molecular complexity index is 593. The molecule has 1 aliphatic carbocycles. The minimum Gasteiger partial charge on any atom is -0.324 e. The van der Waals surface area contributed by atoms with E-state index in [1.807, 2.05) is 0 Å². The molecular formula is C16H23F3N4O. The molecule has 0 bridgehead atoms. The van der Waals surface area contributed by atoms with Crippen LogP contribution in [0.4, 0.5) is 23.7 Å². The van der Waals surface area contributed by atoms with Crippen molar-refractivity contribution in [1.82, 2.24) is 14.7 Å². The van der Waals surface area contributed by atoms with E-state index in [4.69, 9.17) is 0 Å². The van der Waals surface area contributed by atoms with Gasteiger partial charge in [0.25, 0.3) is 0 Å². The van der Waals surface area contributed by atoms with Gasteiger partial charge in [-0.2, -0.15) is 18.3 Å². The van der Waals surface area contributed by atoms with Crippen LogP contribution in [-0.4, -0.2) is 33.8 Å².